The number of hydrogen-bond acceptors (Lipinski definition) is 4. The van der Waals surface area contributed by atoms with Gasteiger partial charge in [-0.05, 0) is 29.9 Å². The standard InChI is InChI=1S/C12H15NO3S/c14-12(15)11-8(3-4-17-11)5-13-6-9-1-2-10(7-13)16-9/h3-4,9-10H,1-2,5-7H2,(H,14,15). The predicted octanol–water partition coefficient (Wildman–Crippen LogP) is 1.81. The van der Waals surface area contributed by atoms with Crippen molar-refractivity contribution < 1.29 is 14.6 Å². The van der Waals surface area contributed by atoms with E-state index < -0.39 is 5.97 Å². The summed E-state index contributed by atoms with van der Waals surface area (Å²) in [6, 6.07) is 1.92. The van der Waals surface area contributed by atoms with Crippen molar-refractivity contribution in [1.29, 1.82) is 0 Å². The number of ether oxygens (including phenoxy) is 1. The fraction of sp³-hybridized carbons (Fsp3) is 0.583. The Balaban J connectivity index is 1.70. The largest absolute Gasteiger partial charge is 0.477 e. The second-order valence-electron chi connectivity index (χ2n) is 4.73. The van der Waals surface area contributed by atoms with E-state index in [9.17, 15) is 4.79 Å². The predicted molar refractivity (Wildman–Crippen MR) is 64.5 cm³/mol. The second kappa shape index (κ2) is 4.40. The second-order valence-corrected chi connectivity index (χ2v) is 5.65. The number of thiophene rings is 1. The van der Waals surface area contributed by atoms with E-state index in [2.05, 4.69) is 4.90 Å². The molecule has 17 heavy (non-hydrogen) atoms. The lowest BCUT2D eigenvalue weighted by molar-refractivity contribution is -0.0410. The Morgan fingerprint density at radius 2 is 2.18 bits per heavy atom. The van der Waals surface area contributed by atoms with Gasteiger partial charge in [0, 0.05) is 19.6 Å². The molecule has 1 aromatic rings. The topological polar surface area (TPSA) is 49.8 Å². The molecule has 92 valence electrons. The van der Waals surface area contributed by atoms with Crippen LogP contribution in [0.15, 0.2) is 11.4 Å². The molecule has 5 heteroatoms. The Kier molecular flexibility index (Phi) is 2.90. The van der Waals surface area contributed by atoms with Gasteiger partial charge >= 0.3 is 5.97 Å². The van der Waals surface area contributed by atoms with Crippen LogP contribution in [-0.2, 0) is 11.3 Å². The van der Waals surface area contributed by atoms with E-state index in [0.29, 0.717) is 17.1 Å². The van der Waals surface area contributed by atoms with Gasteiger partial charge in [0.2, 0.25) is 0 Å². The van der Waals surface area contributed by atoms with Crippen LogP contribution in [0.2, 0.25) is 0 Å². The fourth-order valence-corrected chi connectivity index (χ4v) is 3.47. The van der Waals surface area contributed by atoms with Crippen molar-refractivity contribution in [2.24, 2.45) is 0 Å². The number of aromatic carboxylic acids is 1. The van der Waals surface area contributed by atoms with Crippen LogP contribution in [0.25, 0.3) is 0 Å². The first-order valence-electron chi connectivity index (χ1n) is 5.90. The van der Waals surface area contributed by atoms with Crippen molar-refractivity contribution in [3.05, 3.63) is 21.9 Å². The Morgan fingerprint density at radius 1 is 1.47 bits per heavy atom. The van der Waals surface area contributed by atoms with E-state index in [4.69, 9.17) is 9.84 Å². The highest BCUT2D eigenvalue weighted by Crippen LogP contribution is 2.28. The summed E-state index contributed by atoms with van der Waals surface area (Å²) in [5.74, 6) is -0.814. The highest BCUT2D eigenvalue weighted by molar-refractivity contribution is 7.12. The molecule has 0 radical (unpaired) electrons. The minimum Gasteiger partial charge on any atom is -0.477 e. The summed E-state index contributed by atoms with van der Waals surface area (Å²) < 4.78 is 5.77. The molecule has 0 aliphatic carbocycles. The zero-order valence-corrected chi connectivity index (χ0v) is 10.3. The van der Waals surface area contributed by atoms with E-state index in [0.717, 1.165) is 38.0 Å². The molecule has 3 heterocycles. The van der Waals surface area contributed by atoms with E-state index in [1.807, 2.05) is 11.4 Å². The Morgan fingerprint density at radius 3 is 2.82 bits per heavy atom. The van der Waals surface area contributed by atoms with Gasteiger partial charge in [0.15, 0.2) is 0 Å². The maximum Gasteiger partial charge on any atom is 0.346 e. The van der Waals surface area contributed by atoms with Gasteiger partial charge in [0.25, 0.3) is 0 Å². The number of nitrogens with zero attached hydrogens (tertiary/aromatic N) is 1. The highest BCUT2D eigenvalue weighted by atomic mass is 32.1. The SMILES string of the molecule is O=C(O)c1sccc1CN1CC2CCC(C1)O2. The highest BCUT2D eigenvalue weighted by Gasteiger charge is 2.33. The number of morpholine rings is 1. The van der Waals surface area contributed by atoms with E-state index in [1.165, 1.54) is 11.3 Å². The van der Waals surface area contributed by atoms with E-state index in [1.54, 1.807) is 0 Å². The lowest BCUT2D eigenvalue weighted by Crippen LogP contribution is -2.42. The molecule has 0 spiro atoms. The summed E-state index contributed by atoms with van der Waals surface area (Å²) in [5, 5.41) is 10.9. The molecule has 0 amide bonds. The summed E-state index contributed by atoms with van der Waals surface area (Å²) in [6.07, 6.45) is 3.02. The Labute approximate surface area is 104 Å². The van der Waals surface area contributed by atoms with Gasteiger partial charge in [-0.1, -0.05) is 0 Å². The normalized spacial score (nSPS) is 28.5. The zero-order chi connectivity index (χ0) is 11.8. The number of fused-ring (bicyclic) bond motifs is 2. The van der Waals surface area contributed by atoms with Crippen LogP contribution in [0.3, 0.4) is 0 Å². The minimum atomic E-state index is -0.814. The van der Waals surface area contributed by atoms with Crippen molar-refractivity contribution in [3.63, 3.8) is 0 Å². The van der Waals surface area contributed by atoms with Gasteiger partial charge < -0.3 is 9.84 Å². The maximum absolute atomic E-state index is 11.0. The molecule has 0 aromatic carbocycles. The van der Waals surface area contributed by atoms with Gasteiger partial charge in [-0.2, -0.15) is 0 Å². The summed E-state index contributed by atoms with van der Waals surface area (Å²) in [6.45, 7) is 2.61. The van der Waals surface area contributed by atoms with Gasteiger partial charge in [0.05, 0.1) is 12.2 Å². The molecule has 2 fully saturated rings. The van der Waals surface area contributed by atoms with Crippen molar-refractivity contribution in [2.45, 2.75) is 31.6 Å². The third-order valence-corrected chi connectivity index (χ3v) is 4.40. The molecule has 2 atom stereocenters. The van der Waals surface area contributed by atoms with Crippen LogP contribution in [0, 0.1) is 0 Å². The quantitative estimate of drug-likeness (QED) is 0.892. The average Bonchev–Trinajstić information content (AvgIpc) is 2.86. The van der Waals surface area contributed by atoms with E-state index in [-0.39, 0.29) is 0 Å². The summed E-state index contributed by atoms with van der Waals surface area (Å²) in [5.41, 5.74) is 0.934. The van der Waals surface area contributed by atoms with Crippen LogP contribution in [0.1, 0.15) is 28.1 Å². The van der Waals surface area contributed by atoms with Crippen molar-refractivity contribution in [3.8, 4) is 0 Å². The van der Waals surface area contributed by atoms with Crippen LogP contribution >= 0.6 is 11.3 Å². The van der Waals surface area contributed by atoms with Crippen molar-refractivity contribution in [1.82, 2.24) is 4.90 Å². The first-order chi connectivity index (χ1) is 8.22. The van der Waals surface area contributed by atoms with Crippen molar-refractivity contribution >= 4 is 17.3 Å². The third-order valence-electron chi connectivity index (χ3n) is 3.45. The molecule has 0 saturated carbocycles. The number of carboxylic acid groups (broad SMARTS) is 1. The summed E-state index contributed by atoms with van der Waals surface area (Å²) in [7, 11) is 0. The van der Waals surface area contributed by atoms with Gasteiger partial charge in [-0.3, -0.25) is 4.90 Å². The number of rotatable bonds is 3. The zero-order valence-electron chi connectivity index (χ0n) is 9.46. The molecule has 1 aromatic heterocycles. The van der Waals surface area contributed by atoms with Crippen LogP contribution < -0.4 is 0 Å². The molecule has 3 rings (SSSR count). The molecule has 4 nitrogen and oxygen atoms in total. The van der Waals surface area contributed by atoms with Gasteiger partial charge in [-0.15, -0.1) is 11.3 Å². The molecule has 2 aliphatic heterocycles. The van der Waals surface area contributed by atoms with Crippen LogP contribution in [0.5, 0.6) is 0 Å². The fourth-order valence-electron chi connectivity index (χ4n) is 2.72. The molecule has 2 aliphatic rings. The average molecular weight is 253 g/mol. The van der Waals surface area contributed by atoms with E-state index >= 15 is 0 Å². The lowest BCUT2D eigenvalue weighted by Gasteiger charge is -2.31. The van der Waals surface area contributed by atoms with Crippen LogP contribution in [0.4, 0.5) is 0 Å². The smallest absolute Gasteiger partial charge is 0.346 e. The summed E-state index contributed by atoms with van der Waals surface area (Å²) in [4.78, 5) is 13.8. The molecule has 2 bridgehead atoms. The third kappa shape index (κ3) is 2.22. The molecule has 2 unspecified atom stereocenters. The number of carbonyl (C=O) groups is 1. The number of likely N-dealkylation sites (tertiary alicyclic amines) is 1. The van der Waals surface area contributed by atoms with Crippen LogP contribution in [-0.4, -0.2) is 41.3 Å². The lowest BCUT2D eigenvalue weighted by atomic mass is 10.2. The summed E-state index contributed by atoms with van der Waals surface area (Å²) >= 11 is 1.31. The monoisotopic (exact) mass is 253 g/mol. The van der Waals surface area contributed by atoms with Gasteiger partial charge in [-0.25, -0.2) is 4.79 Å². The number of carboxylic acids is 1. The molecular weight excluding hydrogens is 238 g/mol. The first-order valence-corrected chi connectivity index (χ1v) is 6.78. The molecule has 1 N–H and O–H groups in total. The maximum atomic E-state index is 11.0. The first kappa shape index (κ1) is 11.2. The number of hydrogen-bond donors (Lipinski definition) is 1. The minimum absolute atomic E-state index is 0.362. The molecular formula is C12H15NO3S. The van der Waals surface area contributed by atoms with Gasteiger partial charge in [0.1, 0.15) is 4.88 Å². The Hall–Kier alpha value is -0.910. The van der Waals surface area contributed by atoms with Crippen molar-refractivity contribution in [2.75, 3.05) is 13.1 Å². The Bertz CT molecular complexity index is 419. The molecule has 2 saturated heterocycles.